The Morgan fingerprint density at radius 1 is 1.06 bits per heavy atom. The summed E-state index contributed by atoms with van der Waals surface area (Å²) < 4.78 is 20.1. The van der Waals surface area contributed by atoms with E-state index in [1.807, 2.05) is 37.5 Å². The Hall–Kier alpha value is -4.11. The number of amides is 2. The fraction of sp³-hybridized carbons (Fsp3) is 0.154. The molecule has 3 aromatic rings. The second-order valence-corrected chi connectivity index (χ2v) is 8.48. The van der Waals surface area contributed by atoms with Crippen molar-refractivity contribution in [3.63, 3.8) is 0 Å². The number of aromatic nitrogens is 1. The van der Waals surface area contributed by atoms with Gasteiger partial charge in [-0.15, -0.1) is 0 Å². The number of benzene rings is 2. The molecular formula is C26H22FN3O4S. The summed E-state index contributed by atoms with van der Waals surface area (Å²) in [5.41, 5.74) is 4.74. The molecule has 2 aromatic carbocycles. The average Bonchev–Trinajstić information content (AvgIpc) is 3.09. The molecular weight excluding hydrogens is 469 g/mol. The molecule has 0 spiro atoms. The highest BCUT2D eigenvalue weighted by Gasteiger charge is 2.34. The van der Waals surface area contributed by atoms with E-state index in [1.54, 1.807) is 12.1 Å². The standard InChI is InChI=1S/C26H22FN3O4S/c1-14-11-17(25(33)34-4)5-10-22(14)29-15(2)12-18(16(29)3)13-21-23(31)28-26(35)30(24(21)32)20-8-6-19(27)7-9-20/h5-13H,1-4H3,(H,28,31,35). The van der Waals surface area contributed by atoms with Gasteiger partial charge < -0.3 is 9.30 Å². The third-order valence-corrected chi connectivity index (χ3v) is 6.10. The number of rotatable bonds is 4. The largest absolute Gasteiger partial charge is 0.465 e. The Labute approximate surface area is 206 Å². The maximum absolute atomic E-state index is 13.4. The van der Waals surface area contributed by atoms with Crippen molar-refractivity contribution in [1.82, 2.24) is 9.88 Å². The molecule has 1 aliphatic rings. The molecule has 0 saturated carbocycles. The first kappa shape index (κ1) is 24.0. The summed E-state index contributed by atoms with van der Waals surface area (Å²) in [7, 11) is 1.33. The van der Waals surface area contributed by atoms with Crippen LogP contribution in [0.5, 0.6) is 0 Å². The smallest absolute Gasteiger partial charge is 0.337 e. The second-order valence-electron chi connectivity index (χ2n) is 8.09. The first-order valence-electron chi connectivity index (χ1n) is 10.7. The van der Waals surface area contributed by atoms with Crippen molar-refractivity contribution in [2.45, 2.75) is 20.8 Å². The van der Waals surface area contributed by atoms with Crippen molar-refractivity contribution in [1.29, 1.82) is 0 Å². The van der Waals surface area contributed by atoms with Crippen LogP contribution in [0.15, 0.2) is 54.1 Å². The lowest BCUT2D eigenvalue weighted by Crippen LogP contribution is -2.54. The maximum Gasteiger partial charge on any atom is 0.337 e. The molecule has 178 valence electrons. The monoisotopic (exact) mass is 491 g/mol. The van der Waals surface area contributed by atoms with Crippen LogP contribution in [0.3, 0.4) is 0 Å². The Morgan fingerprint density at radius 3 is 2.37 bits per heavy atom. The number of carbonyl (C=O) groups is 3. The van der Waals surface area contributed by atoms with E-state index in [0.29, 0.717) is 16.8 Å². The minimum atomic E-state index is -0.609. The first-order chi connectivity index (χ1) is 16.6. The van der Waals surface area contributed by atoms with E-state index in [-0.39, 0.29) is 10.7 Å². The van der Waals surface area contributed by atoms with Gasteiger partial charge in [-0.25, -0.2) is 9.18 Å². The van der Waals surface area contributed by atoms with E-state index in [9.17, 15) is 18.8 Å². The Kier molecular flexibility index (Phi) is 6.36. The fourth-order valence-corrected chi connectivity index (χ4v) is 4.37. The lowest BCUT2D eigenvalue weighted by atomic mass is 10.1. The van der Waals surface area contributed by atoms with E-state index < -0.39 is 23.6 Å². The van der Waals surface area contributed by atoms with Crippen molar-refractivity contribution < 1.29 is 23.5 Å². The average molecular weight is 492 g/mol. The van der Waals surface area contributed by atoms with Gasteiger partial charge in [-0.1, -0.05) is 0 Å². The van der Waals surface area contributed by atoms with Gasteiger partial charge in [0, 0.05) is 17.1 Å². The molecule has 1 fully saturated rings. The van der Waals surface area contributed by atoms with Crippen LogP contribution >= 0.6 is 12.2 Å². The minimum absolute atomic E-state index is 0.0736. The molecule has 0 unspecified atom stereocenters. The van der Waals surface area contributed by atoms with Crippen LogP contribution in [-0.2, 0) is 14.3 Å². The summed E-state index contributed by atoms with van der Waals surface area (Å²) in [4.78, 5) is 39.0. The van der Waals surface area contributed by atoms with Crippen LogP contribution in [0.1, 0.15) is 32.9 Å². The van der Waals surface area contributed by atoms with Gasteiger partial charge in [-0.2, -0.15) is 0 Å². The summed E-state index contributed by atoms with van der Waals surface area (Å²) in [6.07, 6.45) is 1.52. The van der Waals surface area contributed by atoms with E-state index >= 15 is 0 Å². The lowest BCUT2D eigenvalue weighted by molar-refractivity contribution is -0.122. The molecule has 2 heterocycles. The van der Waals surface area contributed by atoms with Crippen LogP contribution in [-0.4, -0.2) is 34.6 Å². The summed E-state index contributed by atoms with van der Waals surface area (Å²) in [5.74, 6) is -2.08. The minimum Gasteiger partial charge on any atom is -0.465 e. The maximum atomic E-state index is 13.4. The highest BCUT2D eigenvalue weighted by Crippen LogP contribution is 2.28. The summed E-state index contributed by atoms with van der Waals surface area (Å²) in [6.45, 7) is 5.67. The zero-order valence-electron chi connectivity index (χ0n) is 19.5. The quantitative estimate of drug-likeness (QED) is 0.257. The topological polar surface area (TPSA) is 80.6 Å². The van der Waals surface area contributed by atoms with Gasteiger partial charge >= 0.3 is 5.97 Å². The number of ether oxygens (including phenoxy) is 1. The van der Waals surface area contributed by atoms with Crippen LogP contribution in [0, 0.1) is 26.6 Å². The molecule has 7 nitrogen and oxygen atoms in total. The number of hydrogen-bond donors (Lipinski definition) is 1. The van der Waals surface area contributed by atoms with Crippen LogP contribution in [0.4, 0.5) is 10.1 Å². The lowest BCUT2D eigenvalue weighted by Gasteiger charge is -2.28. The molecule has 0 atom stereocenters. The van der Waals surface area contributed by atoms with E-state index in [4.69, 9.17) is 17.0 Å². The third kappa shape index (κ3) is 4.38. The molecule has 9 heteroatoms. The molecule has 35 heavy (non-hydrogen) atoms. The Balaban J connectivity index is 1.75. The zero-order valence-corrected chi connectivity index (χ0v) is 20.3. The number of anilines is 1. The summed E-state index contributed by atoms with van der Waals surface area (Å²) in [5, 5.41) is 2.46. The van der Waals surface area contributed by atoms with Gasteiger partial charge in [-0.05, 0) is 98.7 Å². The second kappa shape index (κ2) is 9.27. The number of carbonyl (C=O) groups excluding carboxylic acids is 3. The number of esters is 1. The molecule has 1 aromatic heterocycles. The summed E-state index contributed by atoms with van der Waals surface area (Å²) in [6, 6.07) is 12.4. The number of halogens is 1. The van der Waals surface area contributed by atoms with E-state index in [1.165, 1.54) is 37.5 Å². The summed E-state index contributed by atoms with van der Waals surface area (Å²) >= 11 is 5.20. The predicted molar refractivity (Wildman–Crippen MR) is 134 cm³/mol. The first-order valence-corrected chi connectivity index (χ1v) is 11.1. The van der Waals surface area contributed by atoms with E-state index in [0.717, 1.165) is 27.5 Å². The van der Waals surface area contributed by atoms with Crippen LogP contribution < -0.4 is 10.2 Å². The number of aryl methyl sites for hydroxylation is 2. The third-order valence-electron chi connectivity index (χ3n) is 5.82. The molecule has 0 bridgehead atoms. The number of methoxy groups -OCH3 is 1. The van der Waals surface area contributed by atoms with Gasteiger partial charge in [0.25, 0.3) is 11.8 Å². The van der Waals surface area contributed by atoms with Gasteiger partial charge in [0.2, 0.25) is 0 Å². The van der Waals surface area contributed by atoms with Crippen LogP contribution in [0.25, 0.3) is 11.8 Å². The number of nitrogens with zero attached hydrogens (tertiary/aromatic N) is 2. The van der Waals surface area contributed by atoms with Crippen molar-refractivity contribution in [2.24, 2.45) is 0 Å². The van der Waals surface area contributed by atoms with Crippen molar-refractivity contribution >= 4 is 46.9 Å². The molecule has 1 N–H and O–H groups in total. The normalized spacial score (nSPS) is 14.9. The van der Waals surface area contributed by atoms with Gasteiger partial charge in [0.15, 0.2) is 5.11 Å². The molecule has 2 amide bonds. The molecule has 0 aliphatic carbocycles. The fourth-order valence-electron chi connectivity index (χ4n) is 4.09. The Bertz CT molecular complexity index is 1420. The molecule has 1 saturated heterocycles. The predicted octanol–water partition coefficient (Wildman–Crippen LogP) is 4.16. The molecule has 0 radical (unpaired) electrons. The number of thiocarbonyl (C=S) groups is 1. The van der Waals surface area contributed by atoms with Gasteiger partial charge in [-0.3, -0.25) is 19.8 Å². The number of nitrogens with one attached hydrogen (secondary N) is 1. The number of hydrogen-bond acceptors (Lipinski definition) is 5. The van der Waals surface area contributed by atoms with E-state index in [2.05, 4.69) is 5.32 Å². The zero-order chi connectivity index (χ0) is 25.4. The van der Waals surface area contributed by atoms with Crippen molar-refractivity contribution in [3.8, 4) is 5.69 Å². The highest BCUT2D eigenvalue weighted by molar-refractivity contribution is 7.80. The Morgan fingerprint density at radius 2 is 1.74 bits per heavy atom. The molecule has 1 aliphatic heterocycles. The van der Waals surface area contributed by atoms with Crippen molar-refractivity contribution in [2.75, 3.05) is 12.0 Å². The highest BCUT2D eigenvalue weighted by atomic mass is 32.1. The van der Waals surface area contributed by atoms with Crippen molar-refractivity contribution in [3.05, 3.63) is 88.0 Å². The SMILES string of the molecule is COC(=O)c1ccc(-n2c(C)cc(C=C3C(=O)NC(=S)N(c4ccc(F)cc4)C3=O)c2C)c(C)c1. The van der Waals surface area contributed by atoms with Gasteiger partial charge in [0.05, 0.1) is 18.4 Å². The molecule has 4 rings (SSSR count). The van der Waals surface area contributed by atoms with Gasteiger partial charge in [0.1, 0.15) is 11.4 Å². The van der Waals surface area contributed by atoms with Crippen LogP contribution in [0.2, 0.25) is 0 Å².